The molecule has 2 bridgehead atoms. The molecule has 1 saturated heterocycles. The third-order valence-corrected chi connectivity index (χ3v) is 9.63. The van der Waals surface area contributed by atoms with E-state index in [9.17, 15) is 27.1 Å². The van der Waals surface area contributed by atoms with Crippen LogP contribution in [0.2, 0.25) is 0 Å². The van der Waals surface area contributed by atoms with Crippen LogP contribution >= 0.6 is 12.2 Å². The molecule has 7 aliphatic rings. The summed E-state index contributed by atoms with van der Waals surface area (Å²) in [5.74, 6) is -11.0. The van der Waals surface area contributed by atoms with Gasteiger partial charge in [0.05, 0.1) is 23.7 Å². The molecule has 8 rings (SSSR count). The summed E-state index contributed by atoms with van der Waals surface area (Å²) in [6.45, 7) is 0.680. The van der Waals surface area contributed by atoms with Crippen molar-refractivity contribution < 1.29 is 46.0 Å². The highest BCUT2D eigenvalue weighted by Crippen LogP contribution is 2.77. The van der Waals surface area contributed by atoms with Crippen LogP contribution in [-0.4, -0.2) is 41.2 Å². The summed E-state index contributed by atoms with van der Waals surface area (Å²) >= 11 is 5.04. The molecule has 3 saturated carbocycles. The number of ether oxygens (including phenoxy) is 4. The van der Waals surface area contributed by atoms with E-state index in [-0.39, 0.29) is 17.6 Å². The van der Waals surface area contributed by atoms with Gasteiger partial charge in [0, 0.05) is 18.1 Å². The zero-order valence-corrected chi connectivity index (χ0v) is 21.5. The van der Waals surface area contributed by atoms with Crippen molar-refractivity contribution in [3.8, 4) is 5.75 Å². The highest BCUT2D eigenvalue weighted by atomic mass is 32.1. The van der Waals surface area contributed by atoms with E-state index in [1.165, 1.54) is 7.11 Å². The van der Waals surface area contributed by atoms with E-state index in [4.69, 9.17) is 31.2 Å². The van der Waals surface area contributed by atoms with Gasteiger partial charge in [0.2, 0.25) is 34.8 Å². The first-order chi connectivity index (χ1) is 18.6. The highest BCUT2D eigenvalue weighted by molar-refractivity contribution is 7.79. The van der Waals surface area contributed by atoms with Crippen LogP contribution in [0, 0.1) is 52.3 Å². The number of aliphatic hydroxyl groups is 1. The molecule has 1 spiro atoms. The van der Waals surface area contributed by atoms with Crippen molar-refractivity contribution >= 4 is 17.5 Å². The van der Waals surface area contributed by atoms with Crippen LogP contribution in [0.4, 0.5) is 22.0 Å². The molecule has 6 atom stereocenters. The van der Waals surface area contributed by atoms with Crippen LogP contribution in [0.5, 0.6) is 5.75 Å². The topological polar surface area (TPSA) is 69.2 Å². The van der Waals surface area contributed by atoms with Gasteiger partial charge >= 0.3 is 5.24 Å². The number of hydrogen-bond acceptors (Lipinski definition) is 7. The maximum absolute atomic E-state index is 14.2. The Balaban J connectivity index is 1.26. The van der Waals surface area contributed by atoms with Crippen molar-refractivity contribution in [1.29, 1.82) is 0 Å². The van der Waals surface area contributed by atoms with Gasteiger partial charge in [0.15, 0.2) is 11.9 Å². The van der Waals surface area contributed by atoms with Crippen molar-refractivity contribution in [2.75, 3.05) is 13.7 Å². The second kappa shape index (κ2) is 8.17. The van der Waals surface area contributed by atoms with Crippen molar-refractivity contribution in [3.05, 3.63) is 64.6 Å². The summed E-state index contributed by atoms with van der Waals surface area (Å²) in [5.41, 5.74) is -2.90. The number of allylic oxidation sites excluding steroid dienone is 3. The van der Waals surface area contributed by atoms with Crippen LogP contribution in [0.25, 0.3) is 0 Å². The molecule has 6 aliphatic carbocycles. The first-order valence-corrected chi connectivity index (χ1v) is 13.2. The largest absolute Gasteiger partial charge is 0.493 e. The second-order valence-corrected chi connectivity index (χ2v) is 11.6. The van der Waals surface area contributed by atoms with Gasteiger partial charge in [-0.15, -0.1) is 0 Å². The smallest absolute Gasteiger partial charge is 0.363 e. The molecule has 1 aromatic carbocycles. The highest BCUT2D eigenvalue weighted by Gasteiger charge is 2.85. The molecule has 4 fully saturated rings. The minimum atomic E-state index is -2.31. The predicted octanol–water partition coefficient (Wildman–Crippen LogP) is 4.67. The number of rotatable bonds is 6. The Morgan fingerprint density at radius 1 is 1.08 bits per heavy atom. The van der Waals surface area contributed by atoms with Crippen LogP contribution in [-0.2, 0) is 14.2 Å². The molecule has 208 valence electrons. The third-order valence-electron chi connectivity index (χ3n) is 9.46. The van der Waals surface area contributed by atoms with Gasteiger partial charge in [0.25, 0.3) is 0 Å². The molecule has 3 unspecified atom stereocenters. The monoisotopic (exact) mass is 569 g/mol. The number of thiocarbonyl (C=S) groups is 1. The van der Waals surface area contributed by atoms with Gasteiger partial charge in [-0.2, -0.15) is 8.78 Å². The molecule has 1 aromatic rings. The third kappa shape index (κ3) is 3.10. The fourth-order valence-corrected chi connectivity index (χ4v) is 7.74. The fraction of sp³-hybridized carbons (Fsp3) is 0.519. The molecule has 0 amide bonds. The van der Waals surface area contributed by atoms with E-state index in [1.807, 2.05) is 6.08 Å². The Kier molecular flexibility index (Phi) is 5.30. The first kappa shape index (κ1) is 25.3. The summed E-state index contributed by atoms with van der Waals surface area (Å²) in [5, 5.41) is 15.0. The zero-order chi connectivity index (χ0) is 27.5. The maximum atomic E-state index is 14.2. The lowest BCUT2D eigenvalue weighted by Crippen LogP contribution is -2.86. The van der Waals surface area contributed by atoms with E-state index in [2.05, 4.69) is 11.4 Å². The lowest BCUT2D eigenvalue weighted by Gasteiger charge is -2.73. The standard InChI is InChI=1S/C27H24F5NO5S/c1-35-13-5-4-12-6-7-27(34)25(33-9-11-2-3-11)8-14(23-26(27,10-25)15(12)21(13)37-23)36-24(39)38-22-19(31)17(29)16(28)18(30)20(22)32/h4-5,8,11-12,15,23,33-34H,2-3,6-7,9-10H2,1H3/t12?,15?,23-,25?,26-,27-/m0/s1. The number of methoxy groups -OCH3 is 1. The van der Waals surface area contributed by atoms with Crippen molar-refractivity contribution in [1.82, 2.24) is 5.32 Å². The molecule has 0 radical (unpaired) electrons. The molecular formula is C27H24F5NO5S. The van der Waals surface area contributed by atoms with Gasteiger partial charge < -0.3 is 29.4 Å². The van der Waals surface area contributed by atoms with Gasteiger partial charge in [-0.1, -0.05) is 6.08 Å². The van der Waals surface area contributed by atoms with Crippen molar-refractivity contribution in [2.24, 2.45) is 23.2 Å². The predicted molar refractivity (Wildman–Crippen MR) is 128 cm³/mol. The molecule has 2 N–H and O–H groups in total. The van der Waals surface area contributed by atoms with Gasteiger partial charge in [-0.25, -0.2) is 13.2 Å². The normalized spacial score (nSPS) is 37.0. The van der Waals surface area contributed by atoms with Gasteiger partial charge in [-0.05, 0) is 62.6 Å². The van der Waals surface area contributed by atoms with Crippen LogP contribution < -0.4 is 10.1 Å². The van der Waals surface area contributed by atoms with Crippen LogP contribution in [0.15, 0.2) is 35.5 Å². The molecule has 0 aromatic heterocycles. The second-order valence-electron chi connectivity index (χ2n) is 11.2. The molecule has 1 heterocycles. The minimum Gasteiger partial charge on any atom is -0.493 e. The number of halogens is 5. The van der Waals surface area contributed by atoms with E-state index >= 15 is 0 Å². The first-order valence-electron chi connectivity index (χ1n) is 12.8. The SMILES string of the molecule is COC1=C2O[C@H]3C(OC(=S)Oc4c(F)c(F)c(F)c(F)c4F)=CC4(NCC5CC5)C[C@]35C2C(C=C1)CC[C@]45O. The maximum Gasteiger partial charge on any atom is 0.363 e. The fourth-order valence-electron chi connectivity index (χ4n) is 7.56. The number of hydrogen-bond donors (Lipinski definition) is 2. The van der Waals surface area contributed by atoms with E-state index < -0.39 is 62.7 Å². The Bertz CT molecular complexity index is 1380. The zero-order valence-electron chi connectivity index (χ0n) is 20.7. The summed E-state index contributed by atoms with van der Waals surface area (Å²) < 4.78 is 91.9. The number of nitrogens with one attached hydrogen (secondary N) is 1. The summed E-state index contributed by atoms with van der Waals surface area (Å²) in [7, 11) is 1.52. The van der Waals surface area contributed by atoms with E-state index in [0.717, 1.165) is 19.3 Å². The lowest BCUT2D eigenvalue weighted by molar-refractivity contribution is -0.287. The molecular weight excluding hydrogens is 545 g/mol. The van der Waals surface area contributed by atoms with Crippen molar-refractivity contribution in [3.63, 3.8) is 0 Å². The molecule has 6 nitrogen and oxygen atoms in total. The van der Waals surface area contributed by atoms with Crippen molar-refractivity contribution in [2.45, 2.75) is 49.3 Å². The Morgan fingerprint density at radius 2 is 1.77 bits per heavy atom. The molecule has 12 heteroatoms. The van der Waals surface area contributed by atoms with Gasteiger partial charge in [-0.3, -0.25) is 0 Å². The molecule has 39 heavy (non-hydrogen) atoms. The Hall–Kier alpha value is -2.70. The van der Waals surface area contributed by atoms with E-state index in [1.54, 1.807) is 6.08 Å². The lowest BCUT2D eigenvalue weighted by atomic mass is 9.33. The Labute approximate surface area is 225 Å². The van der Waals surface area contributed by atoms with E-state index in [0.29, 0.717) is 36.8 Å². The Morgan fingerprint density at radius 3 is 2.44 bits per heavy atom. The average molecular weight is 570 g/mol. The van der Waals surface area contributed by atoms with Gasteiger partial charge in [0.1, 0.15) is 11.5 Å². The summed E-state index contributed by atoms with van der Waals surface area (Å²) in [6.07, 6.45) is 8.67. The van der Waals surface area contributed by atoms with Crippen LogP contribution in [0.3, 0.4) is 0 Å². The quantitative estimate of drug-likeness (QED) is 0.223. The summed E-state index contributed by atoms with van der Waals surface area (Å²) in [6, 6.07) is 0. The molecule has 1 aliphatic heterocycles. The number of benzene rings is 1. The summed E-state index contributed by atoms with van der Waals surface area (Å²) in [4.78, 5) is 0. The minimum absolute atomic E-state index is 0.0847. The average Bonchev–Trinajstić information content (AvgIpc) is 3.68. The van der Waals surface area contributed by atoms with Crippen LogP contribution in [0.1, 0.15) is 32.1 Å².